The zero-order valence-electron chi connectivity index (χ0n) is 12.0. The van der Waals surface area contributed by atoms with E-state index in [1.807, 2.05) is 20.8 Å². The maximum atomic E-state index is 12.0. The monoisotopic (exact) mass is 276 g/mol. The van der Waals surface area contributed by atoms with Crippen molar-refractivity contribution >= 4 is 10.0 Å². The van der Waals surface area contributed by atoms with Crippen LogP contribution in [0.15, 0.2) is 0 Å². The van der Waals surface area contributed by atoms with Gasteiger partial charge in [-0.15, -0.1) is 0 Å². The second kappa shape index (κ2) is 5.88. The summed E-state index contributed by atoms with van der Waals surface area (Å²) in [6, 6.07) is 0. The molecule has 4 nitrogen and oxygen atoms in total. The topological polar surface area (TPSA) is 72.2 Å². The third kappa shape index (κ3) is 6.16. The lowest BCUT2D eigenvalue weighted by Crippen LogP contribution is -2.50. The number of hydrogen-bond acceptors (Lipinski definition) is 3. The third-order valence-corrected chi connectivity index (χ3v) is 5.20. The van der Waals surface area contributed by atoms with Crippen molar-refractivity contribution in [2.75, 3.05) is 12.3 Å². The summed E-state index contributed by atoms with van der Waals surface area (Å²) in [5.41, 5.74) is 5.73. The van der Waals surface area contributed by atoms with E-state index < -0.39 is 10.0 Å². The number of sulfonamides is 1. The van der Waals surface area contributed by atoms with Crippen molar-refractivity contribution in [1.82, 2.24) is 4.72 Å². The largest absolute Gasteiger partial charge is 0.324 e. The molecule has 1 rings (SSSR count). The zero-order chi connectivity index (χ0) is 13.9. The molecule has 0 amide bonds. The van der Waals surface area contributed by atoms with Crippen LogP contribution in [0.25, 0.3) is 0 Å². The number of hydrogen-bond donors (Lipinski definition) is 2. The summed E-state index contributed by atoms with van der Waals surface area (Å²) in [4.78, 5) is 0. The fraction of sp³-hybridized carbons (Fsp3) is 1.00. The van der Waals surface area contributed by atoms with Gasteiger partial charge in [0.05, 0.1) is 5.75 Å². The van der Waals surface area contributed by atoms with Crippen molar-refractivity contribution in [3.63, 3.8) is 0 Å². The maximum Gasteiger partial charge on any atom is 0.212 e. The highest BCUT2D eigenvalue weighted by atomic mass is 32.2. The van der Waals surface area contributed by atoms with Crippen molar-refractivity contribution in [2.45, 2.75) is 64.8 Å². The van der Waals surface area contributed by atoms with E-state index in [1.165, 1.54) is 12.8 Å². The molecule has 0 aromatic carbocycles. The molecule has 0 heterocycles. The van der Waals surface area contributed by atoms with Crippen LogP contribution in [0.5, 0.6) is 0 Å². The van der Waals surface area contributed by atoms with Crippen molar-refractivity contribution in [2.24, 2.45) is 11.1 Å². The van der Waals surface area contributed by atoms with Crippen molar-refractivity contribution < 1.29 is 8.42 Å². The first kappa shape index (κ1) is 15.9. The predicted octanol–water partition coefficient (Wildman–Crippen LogP) is 2.00. The van der Waals surface area contributed by atoms with Gasteiger partial charge in [-0.25, -0.2) is 13.1 Å². The summed E-state index contributed by atoms with van der Waals surface area (Å²) in [6.45, 7) is 6.16. The fourth-order valence-electron chi connectivity index (χ4n) is 2.48. The molecule has 0 spiro atoms. The first-order valence-corrected chi connectivity index (χ1v) is 8.53. The standard InChI is InChI=1S/C13H28N2O2S/c1-12(2,3)11-18(16,17)15-10-13(14)8-6-4-5-7-9-13/h15H,4-11,14H2,1-3H3. The highest BCUT2D eigenvalue weighted by molar-refractivity contribution is 7.89. The van der Waals surface area contributed by atoms with Gasteiger partial charge in [0.2, 0.25) is 10.0 Å². The molecule has 5 heteroatoms. The SMILES string of the molecule is CC(C)(C)CS(=O)(=O)NCC1(N)CCCCCC1. The normalized spacial score (nSPS) is 21.6. The van der Waals surface area contributed by atoms with Crippen LogP contribution in [0.1, 0.15) is 59.3 Å². The summed E-state index contributed by atoms with van der Waals surface area (Å²) < 4.78 is 26.6. The molecule has 18 heavy (non-hydrogen) atoms. The molecule has 0 saturated heterocycles. The first-order chi connectivity index (χ1) is 8.12. The van der Waals surface area contributed by atoms with Crippen LogP contribution in [0.4, 0.5) is 0 Å². The van der Waals surface area contributed by atoms with Crippen molar-refractivity contribution in [3.8, 4) is 0 Å². The number of nitrogens with one attached hydrogen (secondary N) is 1. The lowest BCUT2D eigenvalue weighted by molar-refractivity contribution is 0.367. The van der Waals surface area contributed by atoms with Crippen LogP contribution < -0.4 is 10.5 Å². The predicted molar refractivity (Wildman–Crippen MR) is 75.9 cm³/mol. The van der Waals surface area contributed by atoms with Crippen LogP contribution in [-0.2, 0) is 10.0 Å². The van der Waals surface area contributed by atoms with Gasteiger partial charge in [-0.1, -0.05) is 46.5 Å². The van der Waals surface area contributed by atoms with Gasteiger partial charge >= 0.3 is 0 Å². The molecule has 0 atom stereocenters. The molecule has 0 aromatic rings. The molecule has 1 saturated carbocycles. The van der Waals surface area contributed by atoms with E-state index in [0.717, 1.165) is 25.7 Å². The van der Waals surface area contributed by atoms with E-state index in [9.17, 15) is 8.42 Å². The van der Waals surface area contributed by atoms with E-state index in [2.05, 4.69) is 4.72 Å². The summed E-state index contributed by atoms with van der Waals surface area (Å²) >= 11 is 0. The van der Waals surface area contributed by atoms with Crippen LogP contribution in [-0.4, -0.2) is 26.3 Å². The van der Waals surface area contributed by atoms with Gasteiger partial charge in [0.1, 0.15) is 0 Å². The molecule has 0 aliphatic heterocycles. The lowest BCUT2D eigenvalue weighted by Gasteiger charge is -2.29. The molecular formula is C13H28N2O2S. The number of rotatable bonds is 4. The minimum absolute atomic E-state index is 0.149. The van der Waals surface area contributed by atoms with Gasteiger partial charge < -0.3 is 5.73 Å². The molecule has 0 radical (unpaired) electrons. The van der Waals surface area contributed by atoms with Crippen LogP contribution in [0, 0.1) is 5.41 Å². The van der Waals surface area contributed by atoms with Gasteiger partial charge in [0.15, 0.2) is 0 Å². The van der Waals surface area contributed by atoms with Crippen LogP contribution in [0.2, 0.25) is 0 Å². The quantitative estimate of drug-likeness (QED) is 0.771. The Morgan fingerprint density at radius 1 is 1.11 bits per heavy atom. The average Bonchev–Trinajstić information content (AvgIpc) is 2.38. The molecule has 108 valence electrons. The van der Waals surface area contributed by atoms with Crippen LogP contribution in [0.3, 0.4) is 0 Å². The fourth-order valence-corrected chi connectivity index (χ4v) is 4.23. The summed E-state index contributed by atoms with van der Waals surface area (Å²) in [5.74, 6) is 0.149. The molecule has 1 aliphatic carbocycles. The maximum absolute atomic E-state index is 12.0. The lowest BCUT2D eigenvalue weighted by atomic mass is 9.92. The minimum atomic E-state index is -3.22. The van der Waals surface area contributed by atoms with Crippen molar-refractivity contribution in [1.29, 1.82) is 0 Å². The molecule has 1 fully saturated rings. The Balaban J connectivity index is 2.52. The van der Waals surface area contributed by atoms with Gasteiger partial charge in [0, 0.05) is 12.1 Å². The second-order valence-corrected chi connectivity index (χ2v) is 8.72. The van der Waals surface area contributed by atoms with E-state index >= 15 is 0 Å². The van der Waals surface area contributed by atoms with E-state index in [4.69, 9.17) is 5.73 Å². The molecular weight excluding hydrogens is 248 g/mol. The Hall–Kier alpha value is -0.130. The Morgan fingerprint density at radius 2 is 1.61 bits per heavy atom. The Bertz CT molecular complexity index is 350. The molecule has 0 bridgehead atoms. The first-order valence-electron chi connectivity index (χ1n) is 6.88. The highest BCUT2D eigenvalue weighted by Crippen LogP contribution is 2.24. The summed E-state index contributed by atoms with van der Waals surface area (Å²) in [7, 11) is -3.22. The van der Waals surface area contributed by atoms with Gasteiger partial charge in [-0.05, 0) is 18.3 Å². The smallest absolute Gasteiger partial charge is 0.212 e. The van der Waals surface area contributed by atoms with Crippen LogP contribution >= 0.6 is 0 Å². The van der Waals surface area contributed by atoms with Gasteiger partial charge in [0.25, 0.3) is 0 Å². The highest BCUT2D eigenvalue weighted by Gasteiger charge is 2.29. The van der Waals surface area contributed by atoms with E-state index in [-0.39, 0.29) is 16.7 Å². The summed E-state index contributed by atoms with van der Waals surface area (Å²) in [5, 5.41) is 0. The zero-order valence-corrected chi connectivity index (χ0v) is 12.8. The van der Waals surface area contributed by atoms with Gasteiger partial charge in [-0.2, -0.15) is 0 Å². The molecule has 0 unspecified atom stereocenters. The van der Waals surface area contributed by atoms with E-state index in [1.54, 1.807) is 0 Å². The third-order valence-electron chi connectivity index (χ3n) is 3.37. The summed E-state index contributed by atoms with van der Waals surface area (Å²) in [6.07, 6.45) is 6.49. The van der Waals surface area contributed by atoms with E-state index in [0.29, 0.717) is 6.54 Å². The Labute approximate surface area is 112 Å². The molecule has 3 N–H and O–H groups in total. The second-order valence-electron chi connectivity index (χ2n) is 6.92. The number of nitrogens with two attached hydrogens (primary N) is 1. The Kier molecular flexibility index (Phi) is 5.21. The average molecular weight is 276 g/mol. The Morgan fingerprint density at radius 3 is 2.06 bits per heavy atom. The molecule has 1 aliphatic rings. The van der Waals surface area contributed by atoms with Gasteiger partial charge in [-0.3, -0.25) is 0 Å². The molecule has 0 aromatic heterocycles. The van der Waals surface area contributed by atoms with Crippen molar-refractivity contribution in [3.05, 3.63) is 0 Å². The minimum Gasteiger partial charge on any atom is -0.324 e.